The third-order valence-corrected chi connectivity index (χ3v) is 2.01. The minimum absolute atomic E-state index is 0.0394. The van der Waals surface area contributed by atoms with Gasteiger partial charge in [0.25, 0.3) is 0 Å². The lowest BCUT2D eigenvalue weighted by Gasteiger charge is -1.87. The predicted molar refractivity (Wildman–Crippen MR) is 35.1 cm³/mol. The van der Waals surface area contributed by atoms with E-state index in [4.69, 9.17) is 16.9 Å². The van der Waals surface area contributed by atoms with Gasteiger partial charge in [0.05, 0.1) is 12.6 Å². The molecule has 1 unspecified atom stereocenters. The molecule has 0 aliphatic carbocycles. The highest BCUT2D eigenvalue weighted by atomic mass is 35.5. The Morgan fingerprint density at radius 1 is 2.00 bits per heavy atom. The molecule has 0 bridgehead atoms. The first-order valence-corrected chi connectivity index (χ1v) is 3.35. The van der Waals surface area contributed by atoms with Gasteiger partial charge in [-0.25, -0.2) is 0 Å². The topological polar surface area (TPSA) is 36.1 Å². The van der Waals surface area contributed by atoms with Gasteiger partial charge in [0.2, 0.25) is 0 Å². The molecule has 1 aliphatic heterocycles. The van der Waals surface area contributed by atoms with Crippen LogP contribution in [0.1, 0.15) is 0 Å². The van der Waals surface area contributed by atoms with Crippen LogP contribution in [-0.4, -0.2) is 16.3 Å². The van der Waals surface area contributed by atoms with Gasteiger partial charge in [-0.1, -0.05) is 23.4 Å². The van der Waals surface area contributed by atoms with Gasteiger partial charge in [0.15, 0.2) is 4.50 Å². The third-order valence-electron chi connectivity index (χ3n) is 0.765. The van der Waals surface area contributed by atoms with Crippen LogP contribution in [-0.2, 0) is 0 Å². The lowest BCUT2D eigenvalue weighted by molar-refractivity contribution is 1.06. The number of nitriles is 1. The Hall–Kier alpha value is -0.200. The Morgan fingerprint density at radius 2 is 2.75 bits per heavy atom. The molecule has 1 heterocycles. The Balaban J connectivity index is 2.47. The number of aliphatic imine (C=N–C) groups is 1. The van der Waals surface area contributed by atoms with Crippen molar-refractivity contribution in [3.05, 3.63) is 0 Å². The van der Waals surface area contributed by atoms with Gasteiger partial charge in [-0.05, 0) is 0 Å². The SMILES string of the molecule is N#CC1CN=C(Cl)S1. The van der Waals surface area contributed by atoms with E-state index in [1.807, 2.05) is 0 Å². The highest BCUT2D eigenvalue weighted by Crippen LogP contribution is 2.21. The van der Waals surface area contributed by atoms with Crippen LogP contribution in [0.15, 0.2) is 4.99 Å². The molecular formula is C4H3ClN2S. The summed E-state index contributed by atoms with van der Waals surface area (Å²) in [6.07, 6.45) is 0. The smallest absolute Gasteiger partial charge is 0.159 e. The van der Waals surface area contributed by atoms with Crippen LogP contribution >= 0.6 is 23.4 Å². The van der Waals surface area contributed by atoms with E-state index in [9.17, 15) is 0 Å². The summed E-state index contributed by atoms with van der Waals surface area (Å²) in [7, 11) is 0. The van der Waals surface area contributed by atoms with Gasteiger partial charge in [0.1, 0.15) is 5.25 Å². The molecule has 0 amide bonds. The maximum absolute atomic E-state index is 8.28. The molecule has 0 radical (unpaired) electrons. The molecule has 0 aromatic rings. The van der Waals surface area contributed by atoms with Crippen LogP contribution in [0.5, 0.6) is 0 Å². The van der Waals surface area contributed by atoms with Crippen LogP contribution in [0.2, 0.25) is 0 Å². The van der Waals surface area contributed by atoms with Gasteiger partial charge < -0.3 is 0 Å². The number of rotatable bonds is 0. The standard InChI is InChI=1S/C4H3ClN2S/c5-4-7-2-3(1-6)8-4/h3H,2H2. The molecule has 2 nitrogen and oxygen atoms in total. The van der Waals surface area contributed by atoms with E-state index in [1.165, 1.54) is 11.8 Å². The van der Waals surface area contributed by atoms with Crippen molar-refractivity contribution < 1.29 is 0 Å². The van der Waals surface area contributed by atoms with E-state index in [2.05, 4.69) is 11.1 Å². The monoisotopic (exact) mass is 146 g/mol. The molecule has 4 heteroatoms. The number of hydrogen-bond donors (Lipinski definition) is 0. The van der Waals surface area contributed by atoms with Gasteiger partial charge >= 0.3 is 0 Å². The van der Waals surface area contributed by atoms with Gasteiger partial charge in [0, 0.05) is 0 Å². The molecule has 1 rings (SSSR count). The lowest BCUT2D eigenvalue weighted by Crippen LogP contribution is -1.95. The van der Waals surface area contributed by atoms with Crippen molar-refractivity contribution in [2.24, 2.45) is 4.99 Å². The summed E-state index contributed by atoms with van der Waals surface area (Å²) in [5, 5.41) is 8.24. The van der Waals surface area contributed by atoms with E-state index >= 15 is 0 Å². The van der Waals surface area contributed by atoms with E-state index < -0.39 is 0 Å². The zero-order valence-electron chi connectivity index (χ0n) is 3.97. The largest absolute Gasteiger partial charge is 0.265 e. The van der Waals surface area contributed by atoms with Crippen molar-refractivity contribution in [3.63, 3.8) is 0 Å². The minimum Gasteiger partial charge on any atom is -0.265 e. The molecule has 0 aromatic carbocycles. The number of nitrogens with zero attached hydrogens (tertiary/aromatic N) is 2. The normalized spacial score (nSPS) is 27.0. The van der Waals surface area contributed by atoms with Crippen molar-refractivity contribution in [1.29, 1.82) is 5.26 Å². The first-order chi connectivity index (χ1) is 3.83. The molecule has 1 atom stereocenters. The van der Waals surface area contributed by atoms with Gasteiger partial charge in [-0.15, -0.1) is 0 Å². The van der Waals surface area contributed by atoms with E-state index in [1.54, 1.807) is 0 Å². The van der Waals surface area contributed by atoms with Crippen molar-refractivity contribution in [2.75, 3.05) is 6.54 Å². The van der Waals surface area contributed by atoms with E-state index in [-0.39, 0.29) is 5.25 Å². The molecule has 0 saturated carbocycles. The first-order valence-electron chi connectivity index (χ1n) is 2.09. The number of thioether (sulfide) groups is 1. The molecule has 0 N–H and O–H groups in total. The summed E-state index contributed by atoms with van der Waals surface area (Å²) < 4.78 is 0.511. The Bertz CT molecular complexity index is 160. The number of halogens is 1. The summed E-state index contributed by atoms with van der Waals surface area (Å²) in [5.74, 6) is 0. The minimum atomic E-state index is -0.0394. The Labute approximate surface area is 56.5 Å². The highest BCUT2D eigenvalue weighted by Gasteiger charge is 2.16. The fraction of sp³-hybridized carbons (Fsp3) is 0.500. The Morgan fingerprint density at radius 3 is 3.00 bits per heavy atom. The van der Waals surface area contributed by atoms with Crippen molar-refractivity contribution in [3.8, 4) is 6.07 Å². The molecule has 1 aliphatic rings. The van der Waals surface area contributed by atoms with Crippen molar-refractivity contribution >= 4 is 27.9 Å². The van der Waals surface area contributed by atoms with Crippen molar-refractivity contribution in [2.45, 2.75) is 5.25 Å². The molecule has 0 fully saturated rings. The summed E-state index contributed by atoms with van der Waals surface area (Å²) in [5.41, 5.74) is 0. The highest BCUT2D eigenvalue weighted by molar-refractivity contribution is 8.17. The third kappa shape index (κ3) is 1.15. The predicted octanol–water partition coefficient (Wildman–Crippen LogP) is 1.22. The van der Waals surface area contributed by atoms with Gasteiger partial charge in [-0.2, -0.15) is 5.26 Å². The van der Waals surface area contributed by atoms with Crippen LogP contribution in [0.4, 0.5) is 0 Å². The van der Waals surface area contributed by atoms with Crippen LogP contribution < -0.4 is 0 Å². The molecule has 42 valence electrons. The fourth-order valence-corrected chi connectivity index (χ4v) is 1.39. The van der Waals surface area contributed by atoms with Crippen LogP contribution in [0.3, 0.4) is 0 Å². The van der Waals surface area contributed by atoms with E-state index in [0.29, 0.717) is 11.0 Å². The lowest BCUT2D eigenvalue weighted by atomic mass is 10.5. The zero-order valence-corrected chi connectivity index (χ0v) is 5.54. The second-order valence-corrected chi connectivity index (χ2v) is 3.10. The van der Waals surface area contributed by atoms with Crippen molar-refractivity contribution in [1.82, 2.24) is 0 Å². The molecule has 0 spiro atoms. The van der Waals surface area contributed by atoms with Crippen LogP contribution in [0.25, 0.3) is 0 Å². The zero-order chi connectivity index (χ0) is 5.98. The average molecular weight is 147 g/mol. The Kier molecular flexibility index (Phi) is 1.77. The van der Waals surface area contributed by atoms with Gasteiger partial charge in [-0.3, -0.25) is 4.99 Å². The van der Waals surface area contributed by atoms with E-state index in [0.717, 1.165) is 0 Å². The molecular weight excluding hydrogens is 144 g/mol. The fourth-order valence-electron chi connectivity index (χ4n) is 0.414. The molecule has 0 aromatic heterocycles. The summed E-state index contributed by atoms with van der Waals surface area (Å²) in [6.45, 7) is 0.556. The summed E-state index contributed by atoms with van der Waals surface area (Å²) in [4.78, 5) is 3.81. The average Bonchev–Trinajstić information content (AvgIpc) is 2.14. The first kappa shape index (κ1) is 5.93. The number of hydrogen-bond acceptors (Lipinski definition) is 3. The second kappa shape index (κ2) is 2.38. The quantitative estimate of drug-likeness (QED) is 0.515. The van der Waals surface area contributed by atoms with Crippen LogP contribution in [0, 0.1) is 11.3 Å². The summed E-state index contributed by atoms with van der Waals surface area (Å²) in [6, 6.07) is 2.06. The molecule has 0 saturated heterocycles. The molecule has 8 heavy (non-hydrogen) atoms. The maximum atomic E-state index is 8.28. The second-order valence-electron chi connectivity index (χ2n) is 1.33. The summed E-state index contributed by atoms with van der Waals surface area (Å²) >= 11 is 6.77. The maximum Gasteiger partial charge on any atom is 0.159 e.